The molecule has 1 heterocycles. The summed E-state index contributed by atoms with van der Waals surface area (Å²) in [7, 11) is 0. The van der Waals surface area contributed by atoms with Gasteiger partial charge < -0.3 is 10.6 Å². The van der Waals surface area contributed by atoms with Crippen molar-refractivity contribution in [2.75, 3.05) is 0 Å². The normalized spacial score (nSPS) is 13.0. The van der Waals surface area contributed by atoms with E-state index < -0.39 is 5.82 Å². The molecule has 7 heteroatoms. The maximum atomic E-state index is 14.4. The van der Waals surface area contributed by atoms with Gasteiger partial charge in [0.05, 0.1) is 11.3 Å². The lowest BCUT2D eigenvalue weighted by Gasteiger charge is -2.11. The number of carbonyl (C=O) groups excluding carboxylic acids is 2. The monoisotopic (exact) mass is 421 g/mol. The average molecular weight is 421 g/mol. The summed E-state index contributed by atoms with van der Waals surface area (Å²) in [5.74, 6) is -1.46. The topological polar surface area (TPSA) is 71.1 Å². The Hall–Kier alpha value is -3.61. The largest absolute Gasteiger partial charge is 0.349 e. The summed E-state index contributed by atoms with van der Waals surface area (Å²) in [6.45, 7) is 1.88. The highest BCUT2D eigenvalue weighted by molar-refractivity contribution is 5.96. The van der Waals surface area contributed by atoms with E-state index in [0.717, 1.165) is 18.4 Å². The summed E-state index contributed by atoms with van der Waals surface area (Å²) in [6.07, 6.45) is 3.29. The number of amides is 2. The zero-order valence-electron chi connectivity index (χ0n) is 16.9. The van der Waals surface area contributed by atoms with E-state index in [9.17, 15) is 18.4 Å². The van der Waals surface area contributed by atoms with Crippen molar-refractivity contribution in [1.29, 1.82) is 0 Å². The summed E-state index contributed by atoms with van der Waals surface area (Å²) < 4.78 is 27.4. The van der Waals surface area contributed by atoms with Crippen LogP contribution in [0.2, 0.25) is 0 Å². The van der Waals surface area contributed by atoms with Crippen molar-refractivity contribution in [1.82, 2.24) is 15.6 Å². The molecule has 3 aromatic rings. The third-order valence-electron chi connectivity index (χ3n) is 5.19. The van der Waals surface area contributed by atoms with Crippen LogP contribution in [0.4, 0.5) is 8.78 Å². The van der Waals surface area contributed by atoms with Crippen LogP contribution in [0.25, 0.3) is 11.3 Å². The van der Waals surface area contributed by atoms with Gasteiger partial charge in [0, 0.05) is 29.9 Å². The highest BCUT2D eigenvalue weighted by Crippen LogP contribution is 2.26. The number of hydrogen-bond acceptors (Lipinski definition) is 3. The Morgan fingerprint density at radius 3 is 2.39 bits per heavy atom. The quantitative estimate of drug-likeness (QED) is 0.628. The molecule has 0 saturated heterocycles. The lowest BCUT2D eigenvalue weighted by molar-refractivity contribution is 0.0942. The minimum atomic E-state index is -0.485. The van der Waals surface area contributed by atoms with Gasteiger partial charge in [0.2, 0.25) is 0 Å². The van der Waals surface area contributed by atoms with E-state index in [1.807, 2.05) is 0 Å². The summed E-state index contributed by atoms with van der Waals surface area (Å²) in [4.78, 5) is 29.0. The number of benzene rings is 2. The first-order valence-corrected chi connectivity index (χ1v) is 10.0. The van der Waals surface area contributed by atoms with E-state index in [2.05, 4.69) is 15.6 Å². The fourth-order valence-corrected chi connectivity index (χ4v) is 3.15. The Labute approximate surface area is 178 Å². The minimum absolute atomic E-state index is 0.172. The van der Waals surface area contributed by atoms with Crippen molar-refractivity contribution < 1.29 is 18.4 Å². The number of nitrogens with zero attached hydrogens (tertiary/aromatic N) is 1. The van der Waals surface area contributed by atoms with E-state index >= 15 is 0 Å². The van der Waals surface area contributed by atoms with Crippen LogP contribution in [0.5, 0.6) is 0 Å². The van der Waals surface area contributed by atoms with Crippen LogP contribution in [0.1, 0.15) is 44.7 Å². The maximum Gasteiger partial charge on any atom is 0.253 e. The van der Waals surface area contributed by atoms with E-state index in [0.29, 0.717) is 22.4 Å². The van der Waals surface area contributed by atoms with Crippen LogP contribution in [0, 0.1) is 18.6 Å². The number of carbonyl (C=O) groups is 2. The Kier molecular flexibility index (Phi) is 5.75. The van der Waals surface area contributed by atoms with Crippen LogP contribution in [0.3, 0.4) is 0 Å². The predicted molar refractivity (Wildman–Crippen MR) is 112 cm³/mol. The molecule has 31 heavy (non-hydrogen) atoms. The molecule has 0 atom stereocenters. The lowest BCUT2D eigenvalue weighted by Crippen LogP contribution is -2.25. The molecule has 0 spiro atoms. The van der Waals surface area contributed by atoms with Crippen LogP contribution in [-0.2, 0) is 6.54 Å². The Morgan fingerprint density at radius 2 is 1.74 bits per heavy atom. The summed E-state index contributed by atoms with van der Waals surface area (Å²) in [6, 6.07) is 12.1. The predicted octanol–water partition coefficient (Wildman–Crippen LogP) is 4.16. The van der Waals surface area contributed by atoms with Crippen LogP contribution >= 0.6 is 0 Å². The second kappa shape index (κ2) is 8.63. The first-order chi connectivity index (χ1) is 14.9. The SMILES string of the molecule is Cc1c(F)cc(C(=O)NC2CC2)cc1-c1ccc(C(=O)NCc2ccc(F)cc2)cn1. The van der Waals surface area contributed by atoms with Crippen LogP contribution < -0.4 is 10.6 Å². The van der Waals surface area contributed by atoms with Gasteiger partial charge in [-0.3, -0.25) is 14.6 Å². The average Bonchev–Trinajstić information content (AvgIpc) is 3.59. The smallest absolute Gasteiger partial charge is 0.253 e. The molecular formula is C24H21F2N3O2. The number of pyridine rings is 1. The van der Waals surface area contributed by atoms with Crippen molar-refractivity contribution in [3.8, 4) is 11.3 Å². The molecule has 1 aliphatic rings. The number of halogens is 2. The summed E-state index contributed by atoms with van der Waals surface area (Å²) in [5.41, 5.74) is 2.70. The van der Waals surface area contributed by atoms with Gasteiger partial charge in [0.1, 0.15) is 11.6 Å². The molecule has 2 N–H and O–H groups in total. The molecule has 0 radical (unpaired) electrons. The third kappa shape index (κ3) is 4.94. The summed E-state index contributed by atoms with van der Waals surface area (Å²) in [5, 5.41) is 5.60. The van der Waals surface area contributed by atoms with Crippen molar-refractivity contribution in [3.05, 3.63) is 88.6 Å². The highest BCUT2D eigenvalue weighted by Gasteiger charge is 2.24. The van der Waals surface area contributed by atoms with E-state index in [1.54, 1.807) is 37.3 Å². The second-order valence-electron chi connectivity index (χ2n) is 7.62. The van der Waals surface area contributed by atoms with E-state index in [4.69, 9.17) is 0 Å². The molecule has 1 aromatic heterocycles. The first-order valence-electron chi connectivity index (χ1n) is 10.0. The molecule has 0 aliphatic heterocycles. The van der Waals surface area contributed by atoms with Crippen LogP contribution in [0.15, 0.2) is 54.7 Å². The molecule has 5 nitrogen and oxygen atoms in total. The van der Waals surface area contributed by atoms with Gasteiger partial charge in [-0.15, -0.1) is 0 Å². The fraction of sp³-hybridized carbons (Fsp3) is 0.208. The number of aromatic nitrogens is 1. The number of hydrogen-bond donors (Lipinski definition) is 2. The maximum absolute atomic E-state index is 14.4. The second-order valence-corrected chi connectivity index (χ2v) is 7.62. The zero-order chi connectivity index (χ0) is 22.0. The van der Waals surface area contributed by atoms with Crippen molar-refractivity contribution in [2.45, 2.75) is 32.4 Å². The standard InChI is InChI=1S/C24H21F2N3O2/c1-14-20(10-17(11-21(14)26)24(31)29-19-7-8-19)22-9-4-16(13-27-22)23(30)28-12-15-2-5-18(25)6-3-15/h2-6,9-11,13,19H,7-8,12H2,1H3,(H,28,30)(H,29,31). The van der Waals surface area contributed by atoms with Gasteiger partial charge in [0.25, 0.3) is 11.8 Å². The molecule has 4 rings (SSSR count). The Balaban J connectivity index is 1.49. The first kappa shape index (κ1) is 20.7. The molecule has 2 amide bonds. The lowest BCUT2D eigenvalue weighted by atomic mass is 10.00. The molecule has 0 bridgehead atoms. The van der Waals surface area contributed by atoms with E-state index in [-0.39, 0.29) is 35.8 Å². The van der Waals surface area contributed by atoms with Gasteiger partial charge in [-0.25, -0.2) is 8.78 Å². The highest BCUT2D eigenvalue weighted by atomic mass is 19.1. The van der Waals surface area contributed by atoms with Crippen molar-refractivity contribution in [2.24, 2.45) is 0 Å². The zero-order valence-corrected chi connectivity index (χ0v) is 16.9. The molecule has 1 fully saturated rings. The summed E-state index contributed by atoms with van der Waals surface area (Å²) >= 11 is 0. The molecule has 0 unspecified atom stereocenters. The molecule has 2 aromatic carbocycles. The molecular weight excluding hydrogens is 400 g/mol. The molecule has 1 saturated carbocycles. The van der Waals surface area contributed by atoms with Gasteiger partial charge >= 0.3 is 0 Å². The minimum Gasteiger partial charge on any atom is -0.349 e. The van der Waals surface area contributed by atoms with E-state index in [1.165, 1.54) is 24.4 Å². The number of rotatable bonds is 6. The van der Waals surface area contributed by atoms with Gasteiger partial charge in [-0.1, -0.05) is 12.1 Å². The Morgan fingerprint density at radius 1 is 1.00 bits per heavy atom. The fourth-order valence-electron chi connectivity index (χ4n) is 3.15. The third-order valence-corrected chi connectivity index (χ3v) is 5.19. The molecule has 1 aliphatic carbocycles. The number of nitrogens with one attached hydrogen (secondary N) is 2. The van der Waals surface area contributed by atoms with Gasteiger partial charge in [-0.05, 0) is 67.3 Å². The van der Waals surface area contributed by atoms with Gasteiger partial charge in [0.15, 0.2) is 0 Å². The van der Waals surface area contributed by atoms with Gasteiger partial charge in [-0.2, -0.15) is 0 Å². The van der Waals surface area contributed by atoms with Crippen LogP contribution in [-0.4, -0.2) is 22.8 Å². The Bertz CT molecular complexity index is 1120. The van der Waals surface area contributed by atoms with Crippen molar-refractivity contribution in [3.63, 3.8) is 0 Å². The molecule has 158 valence electrons. The van der Waals surface area contributed by atoms with Crippen molar-refractivity contribution >= 4 is 11.8 Å².